The zero-order valence-corrected chi connectivity index (χ0v) is 11.7. The maximum atomic E-state index is 12.3. The van der Waals surface area contributed by atoms with E-state index in [1.807, 2.05) is 26.0 Å². The maximum Gasteiger partial charge on any atom is 0.263 e. The Hall–Kier alpha value is -2.01. The van der Waals surface area contributed by atoms with Gasteiger partial charge in [-0.1, -0.05) is 24.3 Å². The molecule has 0 heterocycles. The van der Waals surface area contributed by atoms with E-state index in [1.54, 1.807) is 24.3 Å². The standard InChI is InChI=1S/C14H16N2O2S/c1-10-6-5-8-13(11(10)2)16-19(17,18)14-9-4-3-7-12(14)15/h3-9,16H,15H2,1-2H3. The molecule has 100 valence electrons. The van der Waals surface area contributed by atoms with Gasteiger partial charge >= 0.3 is 0 Å². The highest BCUT2D eigenvalue weighted by atomic mass is 32.2. The summed E-state index contributed by atoms with van der Waals surface area (Å²) in [7, 11) is -3.66. The lowest BCUT2D eigenvalue weighted by molar-refractivity contribution is 0.601. The Balaban J connectivity index is 2.43. The lowest BCUT2D eigenvalue weighted by atomic mass is 10.1. The number of aryl methyl sites for hydroxylation is 1. The number of nitrogen functional groups attached to an aromatic ring is 1. The van der Waals surface area contributed by atoms with Crippen molar-refractivity contribution in [2.45, 2.75) is 18.7 Å². The highest BCUT2D eigenvalue weighted by Gasteiger charge is 2.17. The number of nitrogens with two attached hydrogens (primary N) is 1. The van der Waals surface area contributed by atoms with Crippen molar-refractivity contribution in [3.8, 4) is 0 Å². The molecule has 0 aliphatic carbocycles. The second kappa shape index (κ2) is 4.93. The molecule has 0 saturated carbocycles. The molecule has 0 unspecified atom stereocenters. The lowest BCUT2D eigenvalue weighted by Crippen LogP contribution is -2.15. The fourth-order valence-corrected chi connectivity index (χ4v) is 3.04. The quantitative estimate of drug-likeness (QED) is 0.847. The third-order valence-corrected chi connectivity index (χ3v) is 4.50. The highest BCUT2D eigenvalue weighted by Crippen LogP contribution is 2.24. The summed E-state index contributed by atoms with van der Waals surface area (Å²) in [5.74, 6) is 0. The minimum Gasteiger partial charge on any atom is -0.398 e. The molecular formula is C14H16N2O2S. The van der Waals surface area contributed by atoms with E-state index in [2.05, 4.69) is 4.72 Å². The summed E-state index contributed by atoms with van der Waals surface area (Å²) < 4.78 is 27.2. The molecule has 2 aromatic carbocycles. The van der Waals surface area contributed by atoms with Crippen LogP contribution in [0.4, 0.5) is 11.4 Å². The number of rotatable bonds is 3. The van der Waals surface area contributed by atoms with Crippen LogP contribution in [0.15, 0.2) is 47.4 Å². The van der Waals surface area contributed by atoms with Crippen LogP contribution >= 0.6 is 0 Å². The van der Waals surface area contributed by atoms with Crippen molar-refractivity contribution >= 4 is 21.4 Å². The van der Waals surface area contributed by atoms with Crippen LogP contribution in [0.1, 0.15) is 11.1 Å². The van der Waals surface area contributed by atoms with E-state index >= 15 is 0 Å². The molecular weight excluding hydrogens is 260 g/mol. The second-order valence-electron chi connectivity index (χ2n) is 4.39. The summed E-state index contributed by atoms with van der Waals surface area (Å²) in [4.78, 5) is 0.0934. The number of nitrogens with one attached hydrogen (secondary N) is 1. The SMILES string of the molecule is Cc1cccc(NS(=O)(=O)c2ccccc2N)c1C. The van der Waals surface area contributed by atoms with Crippen LogP contribution in [-0.4, -0.2) is 8.42 Å². The average Bonchev–Trinajstić information content (AvgIpc) is 2.35. The van der Waals surface area contributed by atoms with Gasteiger partial charge in [-0.15, -0.1) is 0 Å². The van der Waals surface area contributed by atoms with Gasteiger partial charge in [0.1, 0.15) is 4.90 Å². The first-order valence-corrected chi connectivity index (χ1v) is 7.33. The summed E-state index contributed by atoms with van der Waals surface area (Å²) in [6.07, 6.45) is 0. The Morgan fingerprint density at radius 3 is 2.37 bits per heavy atom. The van der Waals surface area contributed by atoms with Crippen LogP contribution in [-0.2, 0) is 10.0 Å². The van der Waals surface area contributed by atoms with Crippen molar-refractivity contribution in [2.24, 2.45) is 0 Å². The first-order valence-electron chi connectivity index (χ1n) is 5.85. The van der Waals surface area contributed by atoms with Gasteiger partial charge in [0.05, 0.1) is 11.4 Å². The number of benzene rings is 2. The summed E-state index contributed by atoms with van der Waals surface area (Å²) >= 11 is 0. The maximum absolute atomic E-state index is 12.3. The molecule has 5 heteroatoms. The van der Waals surface area contributed by atoms with E-state index in [0.29, 0.717) is 5.69 Å². The fraction of sp³-hybridized carbons (Fsp3) is 0.143. The smallest absolute Gasteiger partial charge is 0.263 e. The lowest BCUT2D eigenvalue weighted by Gasteiger charge is -2.13. The first kappa shape index (κ1) is 13.4. The Labute approximate surface area is 113 Å². The van der Waals surface area contributed by atoms with E-state index < -0.39 is 10.0 Å². The van der Waals surface area contributed by atoms with Gasteiger partial charge < -0.3 is 5.73 Å². The number of anilines is 2. The first-order chi connectivity index (χ1) is 8.92. The molecule has 0 aliphatic heterocycles. The monoisotopic (exact) mass is 276 g/mol. The van der Waals surface area contributed by atoms with Gasteiger partial charge in [-0.3, -0.25) is 4.72 Å². The molecule has 2 rings (SSSR count). The molecule has 19 heavy (non-hydrogen) atoms. The molecule has 0 saturated heterocycles. The minimum atomic E-state index is -3.66. The van der Waals surface area contributed by atoms with Gasteiger partial charge in [-0.25, -0.2) is 8.42 Å². The largest absolute Gasteiger partial charge is 0.398 e. The van der Waals surface area contributed by atoms with Crippen LogP contribution in [0.3, 0.4) is 0 Å². The van der Waals surface area contributed by atoms with Crippen LogP contribution in [0.5, 0.6) is 0 Å². The minimum absolute atomic E-state index is 0.0934. The summed E-state index contributed by atoms with van der Waals surface area (Å²) in [5, 5.41) is 0. The summed E-state index contributed by atoms with van der Waals surface area (Å²) in [6.45, 7) is 3.81. The van der Waals surface area contributed by atoms with Crippen molar-refractivity contribution < 1.29 is 8.42 Å². The van der Waals surface area contributed by atoms with E-state index in [-0.39, 0.29) is 10.6 Å². The van der Waals surface area contributed by atoms with Crippen LogP contribution in [0, 0.1) is 13.8 Å². The summed E-state index contributed by atoms with van der Waals surface area (Å²) in [6, 6.07) is 11.9. The summed E-state index contributed by atoms with van der Waals surface area (Å²) in [5.41, 5.74) is 8.45. The molecule has 0 spiro atoms. The van der Waals surface area contributed by atoms with Gasteiger partial charge in [0.15, 0.2) is 0 Å². The molecule has 4 nitrogen and oxygen atoms in total. The Bertz CT molecular complexity index is 709. The van der Waals surface area contributed by atoms with Gasteiger partial charge in [-0.2, -0.15) is 0 Å². The molecule has 0 radical (unpaired) electrons. The zero-order chi connectivity index (χ0) is 14.0. The van der Waals surface area contributed by atoms with E-state index in [4.69, 9.17) is 5.73 Å². The molecule has 0 bridgehead atoms. The van der Waals surface area contributed by atoms with Gasteiger partial charge in [-0.05, 0) is 43.2 Å². The second-order valence-corrected chi connectivity index (χ2v) is 6.04. The molecule has 0 aliphatic rings. The molecule has 0 fully saturated rings. The molecule has 2 aromatic rings. The highest BCUT2D eigenvalue weighted by molar-refractivity contribution is 7.92. The fourth-order valence-electron chi connectivity index (χ4n) is 1.79. The van der Waals surface area contributed by atoms with E-state index in [0.717, 1.165) is 11.1 Å². The van der Waals surface area contributed by atoms with Crippen molar-refractivity contribution in [1.82, 2.24) is 0 Å². The predicted molar refractivity (Wildman–Crippen MR) is 77.6 cm³/mol. The third-order valence-electron chi connectivity index (χ3n) is 3.06. The van der Waals surface area contributed by atoms with Crippen LogP contribution in [0.2, 0.25) is 0 Å². The van der Waals surface area contributed by atoms with Crippen LogP contribution < -0.4 is 10.5 Å². The van der Waals surface area contributed by atoms with Gasteiger partial charge in [0.25, 0.3) is 10.0 Å². The number of hydrogen-bond donors (Lipinski definition) is 2. The number of para-hydroxylation sites is 1. The van der Waals surface area contributed by atoms with Crippen molar-refractivity contribution in [3.05, 3.63) is 53.6 Å². The van der Waals surface area contributed by atoms with Crippen molar-refractivity contribution in [2.75, 3.05) is 10.5 Å². The topological polar surface area (TPSA) is 72.2 Å². The Morgan fingerprint density at radius 2 is 1.68 bits per heavy atom. The Kier molecular flexibility index (Phi) is 3.48. The average molecular weight is 276 g/mol. The molecule has 3 N–H and O–H groups in total. The van der Waals surface area contributed by atoms with Gasteiger partial charge in [0, 0.05) is 0 Å². The van der Waals surface area contributed by atoms with Gasteiger partial charge in [0.2, 0.25) is 0 Å². The zero-order valence-electron chi connectivity index (χ0n) is 10.8. The molecule has 0 aromatic heterocycles. The van der Waals surface area contributed by atoms with E-state index in [9.17, 15) is 8.42 Å². The Morgan fingerprint density at radius 1 is 1.00 bits per heavy atom. The molecule has 0 atom stereocenters. The van der Waals surface area contributed by atoms with E-state index in [1.165, 1.54) is 6.07 Å². The number of sulfonamides is 1. The molecule has 0 amide bonds. The number of hydrogen-bond acceptors (Lipinski definition) is 3. The normalized spacial score (nSPS) is 11.3. The van der Waals surface area contributed by atoms with Crippen molar-refractivity contribution in [1.29, 1.82) is 0 Å². The predicted octanol–water partition coefficient (Wildman–Crippen LogP) is 2.69. The van der Waals surface area contributed by atoms with Crippen LogP contribution in [0.25, 0.3) is 0 Å². The van der Waals surface area contributed by atoms with Crippen molar-refractivity contribution in [3.63, 3.8) is 0 Å². The third kappa shape index (κ3) is 2.71.